The number of primary amides is 1. The van der Waals surface area contributed by atoms with E-state index in [0.29, 0.717) is 31.1 Å². The third-order valence-electron chi connectivity index (χ3n) is 6.17. The molecule has 1 aromatic rings. The zero-order valence-corrected chi connectivity index (χ0v) is 18.9. The standard InChI is InChI=1S/C22H35ClN6O/c1-3-25-22(27-19-9-12-29(13-10-19)21(24)30)26-15-17-7-5-11-28(2)20(17)16-6-4-8-18(23)14-16/h4,6,8,14,17,19-20H,3,5,7,9-13,15H2,1-2H3,(H2,24,30)(H2,25,26,27). The Balaban J connectivity index is 1.65. The monoisotopic (exact) mass is 434 g/mol. The Labute approximate surface area is 185 Å². The molecule has 0 saturated carbocycles. The first-order valence-corrected chi connectivity index (χ1v) is 11.4. The fourth-order valence-corrected chi connectivity index (χ4v) is 4.83. The minimum Gasteiger partial charge on any atom is -0.357 e. The average molecular weight is 435 g/mol. The number of carbonyl (C=O) groups excluding carboxylic acids is 1. The predicted molar refractivity (Wildman–Crippen MR) is 123 cm³/mol. The second kappa shape index (κ2) is 10.9. The van der Waals surface area contributed by atoms with E-state index >= 15 is 0 Å². The molecule has 4 N–H and O–H groups in total. The number of urea groups is 1. The fourth-order valence-electron chi connectivity index (χ4n) is 4.63. The highest BCUT2D eigenvalue weighted by molar-refractivity contribution is 6.30. The smallest absolute Gasteiger partial charge is 0.314 e. The molecule has 2 aliphatic rings. The molecule has 0 bridgehead atoms. The van der Waals surface area contributed by atoms with Gasteiger partial charge in [-0.15, -0.1) is 0 Å². The molecule has 7 nitrogen and oxygen atoms in total. The Morgan fingerprint density at radius 2 is 2.03 bits per heavy atom. The van der Waals surface area contributed by atoms with Crippen LogP contribution in [0.4, 0.5) is 4.79 Å². The summed E-state index contributed by atoms with van der Waals surface area (Å²) in [4.78, 5) is 20.4. The molecule has 2 saturated heterocycles. The summed E-state index contributed by atoms with van der Waals surface area (Å²) in [6, 6.07) is 8.51. The molecule has 2 amide bonds. The Bertz CT molecular complexity index is 734. The average Bonchev–Trinajstić information content (AvgIpc) is 2.72. The molecule has 1 aromatic carbocycles. The Kier molecular flexibility index (Phi) is 8.22. The number of hydrogen-bond donors (Lipinski definition) is 3. The molecule has 3 rings (SSSR count). The highest BCUT2D eigenvalue weighted by Gasteiger charge is 2.30. The van der Waals surface area contributed by atoms with Crippen molar-refractivity contribution < 1.29 is 4.79 Å². The van der Waals surface area contributed by atoms with Crippen LogP contribution in [-0.4, -0.2) is 67.6 Å². The lowest BCUT2D eigenvalue weighted by atomic mass is 9.85. The van der Waals surface area contributed by atoms with E-state index in [1.54, 1.807) is 4.90 Å². The first kappa shape index (κ1) is 22.7. The second-order valence-corrected chi connectivity index (χ2v) is 8.78. The number of amides is 2. The predicted octanol–water partition coefficient (Wildman–Crippen LogP) is 2.82. The third kappa shape index (κ3) is 6.01. The van der Waals surface area contributed by atoms with E-state index in [-0.39, 0.29) is 6.03 Å². The zero-order valence-electron chi connectivity index (χ0n) is 18.1. The van der Waals surface area contributed by atoms with Crippen LogP contribution >= 0.6 is 11.6 Å². The number of rotatable bonds is 5. The van der Waals surface area contributed by atoms with E-state index in [1.807, 2.05) is 12.1 Å². The molecule has 2 unspecified atom stereocenters. The number of benzene rings is 1. The minimum atomic E-state index is -0.331. The molecule has 2 fully saturated rings. The van der Waals surface area contributed by atoms with Crippen LogP contribution in [0.3, 0.4) is 0 Å². The number of halogens is 1. The van der Waals surface area contributed by atoms with Gasteiger partial charge in [0.1, 0.15) is 0 Å². The van der Waals surface area contributed by atoms with Crippen molar-refractivity contribution in [3.8, 4) is 0 Å². The third-order valence-corrected chi connectivity index (χ3v) is 6.41. The quantitative estimate of drug-likeness (QED) is 0.491. The number of hydrogen-bond acceptors (Lipinski definition) is 3. The normalized spacial score (nSPS) is 24.0. The van der Waals surface area contributed by atoms with Gasteiger partial charge in [-0.05, 0) is 69.8 Å². The maximum Gasteiger partial charge on any atom is 0.314 e. The van der Waals surface area contributed by atoms with Crippen LogP contribution in [0.2, 0.25) is 5.02 Å². The van der Waals surface area contributed by atoms with Gasteiger partial charge in [0.2, 0.25) is 0 Å². The van der Waals surface area contributed by atoms with Gasteiger partial charge in [-0.2, -0.15) is 0 Å². The molecular formula is C22H35ClN6O. The van der Waals surface area contributed by atoms with Gasteiger partial charge in [0.25, 0.3) is 0 Å². The molecule has 2 aliphatic heterocycles. The van der Waals surface area contributed by atoms with E-state index in [4.69, 9.17) is 22.3 Å². The summed E-state index contributed by atoms with van der Waals surface area (Å²) < 4.78 is 0. The van der Waals surface area contributed by atoms with Gasteiger partial charge >= 0.3 is 6.03 Å². The second-order valence-electron chi connectivity index (χ2n) is 8.35. The van der Waals surface area contributed by atoms with Crippen molar-refractivity contribution in [3.05, 3.63) is 34.9 Å². The largest absolute Gasteiger partial charge is 0.357 e. The van der Waals surface area contributed by atoms with Gasteiger partial charge in [0, 0.05) is 43.3 Å². The molecule has 8 heteroatoms. The number of guanidine groups is 1. The van der Waals surface area contributed by atoms with Crippen LogP contribution in [0.25, 0.3) is 0 Å². The molecule has 0 aliphatic carbocycles. The number of nitrogens with two attached hydrogens (primary N) is 1. The van der Waals surface area contributed by atoms with Gasteiger partial charge in [0.05, 0.1) is 0 Å². The first-order chi connectivity index (χ1) is 14.5. The van der Waals surface area contributed by atoms with Gasteiger partial charge in [0.15, 0.2) is 5.96 Å². The first-order valence-electron chi connectivity index (χ1n) is 11.0. The van der Waals surface area contributed by atoms with Crippen molar-refractivity contribution in [3.63, 3.8) is 0 Å². The van der Waals surface area contributed by atoms with Crippen LogP contribution in [0.5, 0.6) is 0 Å². The topological polar surface area (TPSA) is 86.0 Å². The molecule has 0 spiro atoms. The van der Waals surface area contributed by atoms with Crippen molar-refractivity contribution in [2.75, 3.05) is 39.8 Å². The molecule has 30 heavy (non-hydrogen) atoms. The van der Waals surface area contributed by atoms with E-state index < -0.39 is 0 Å². The maximum atomic E-state index is 11.3. The molecule has 2 atom stereocenters. The van der Waals surface area contributed by atoms with E-state index in [0.717, 1.165) is 49.9 Å². The summed E-state index contributed by atoms with van der Waals surface area (Å²) in [5, 5.41) is 7.72. The summed E-state index contributed by atoms with van der Waals surface area (Å²) in [5.41, 5.74) is 6.66. The number of aliphatic imine (C=N–C) groups is 1. The van der Waals surface area contributed by atoms with Gasteiger partial charge in [-0.25, -0.2) is 4.79 Å². The van der Waals surface area contributed by atoms with Crippen LogP contribution in [0.1, 0.15) is 44.2 Å². The van der Waals surface area contributed by atoms with Crippen molar-refractivity contribution in [2.24, 2.45) is 16.6 Å². The Morgan fingerprint density at radius 3 is 2.70 bits per heavy atom. The number of piperidine rings is 2. The van der Waals surface area contributed by atoms with Crippen molar-refractivity contribution >= 4 is 23.6 Å². The van der Waals surface area contributed by atoms with Gasteiger partial charge in [-0.3, -0.25) is 9.89 Å². The minimum absolute atomic E-state index is 0.302. The number of likely N-dealkylation sites (tertiary alicyclic amines) is 2. The SMILES string of the molecule is CCNC(=NCC1CCCN(C)C1c1cccc(Cl)c1)NC1CCN(C(N)=O)CC1. The summed E-state index contributed by atoms with van der Waals surface area (Å²) in [6.45, 7) is 6.13. The lowest BCUT2D eigenvalue weighted by Crippen LogP contribution is -2.51. The van der Waals surface area contributed by atoms with Crippen LogP contribution in [0.15, 0.2) is 29.3 Å². The lowest BCUT2D eigenvalue weighted by Gasteiger charge is -2.39. The Morgan fingerprint density at radius 1 is 1.27 bits per heavy atom. The van der Waals surface area contributed by atoms with Crippen molar-refractivity contribution in [1.29, 1.82) is 0 Å². The van der Waals surface area contributed by atoms with E-state index in [9.17, 15) is 4.79 Å². The fraction of sp³-hybridized carbons (Fsp3) is 0.636. The highest BCUT2D eigenvalue weighted by atomic mass is 35.5. The van der Waals surface area contributed by atoms with Crippen molar-refractivity contribution in [2.45, 2.75) is 44.7 Å². The van der Waals surface area contributed by atoms with Crippen LogP contribution < -0.4 is 16.4 Å². The summed E-state index contributed by atoms with van der Waals surface area (Å²) in [5.74, 6) is 1.29. The molecule has 0 radical (unpaired) electrons. The van der Waals surface area contributed by atoms with E-state index in [2.05, 4.69) is 41.6 Å². The zero-order chi connectivity index (χ0) is 21.5. The lowest BCUT2D eigenvalue weighted by molar-refractivity contribution is 0.125. The molecular weight excluding hydrogens is 400 g/mol. The maximum absolute atomic E-state index is 11.3. The Hall–Kier alpha value is -1.99. The van der Waals surface area contributed by atoms with Crippen LogP contribution in [-0.2, 0) is 0 Å². The summed E-state index contributed by atoms with van der Waals surface area (Å²) in [6.07, 6.45) is 4.10. The number of carbonyl (C=O) groups is 1. The molecule has 166 valence electrons. The van der Waals surface area contributed by atoms with Gasteiger partial charge < -0.3 is 21.3 Å². The van der Waals surface area contributed by atoms with Crippen LogP contribution in [0, 0.1) is 5.92 Å². The number of nitrogens with one attached hydrogen (secondary N) is 2. The number of nitrogens with zero attached hydrogens (tertiary/aromatic N) is 3. The van der Waals surface area contributed by atoms with E-state index in [1.165, 1.54) is 12.0 Å². The van der Waals surface area contributed by atoms with Gasteiger partial charge in [-0.1, -0.05) is 23.7 Å². The molecule has 0 aromatic heterocycles. The molecule has 2 heterocycles. The van der Waals surface area contributed by atoms with Crippen molar-refractivity contribution in [1.82, 2.24) is 20.4 Å². The highest BCUT2D eigenvalue weighted by Crippen LogP contribution is 2.36. The summed E-state index contributed by atoms with van der Waals surface area (Å²) in [7, 11) is 2.19. The summed E-state index contributed by atoms with van der Waals surface area (Å²) >= 11 is 6.27.